The summed E-state index contributed by atoms with van der Waals surface area (Å²) < 4.78 is 39.2. The fraction of sp³-hybridized carbons (Fsp3) is 0.357. The minimum absolute atomic E-state index is 0.0853. The van der Waals surface area contributed by atoms with Crippen molar-refractivity contribution >= 4 is 17.3 Å². The predicted octanol–water partition coefficient (Wildman–Crippen LogP) is 1.69. The number of aromatic nitrogens is 3. The van der Waals surface area contributed by atoms with Gasteiger partial charge < -0.3 is 9.80 Å². The quantitative estimate of drug-likeness (QED) is 0.843. The van der Waals surface area contributed by atoms with E-state index in [4.69, 9.17) is 0 Å². The van der Waals surface area contributed by atoms with Crippen LogP contribution in [0.5, 0.6) is 0 Å². The molecule has 122 valence electrons. The second-order valence-corrected chi connectivity index (χ2v) is 5.24. The zero-order valence-corrected chi connectivity index (χ0v) is 12.3. The average Bonchev–Trinajstić information content (AvgIpc) is 2.92. The summed E-state index contributed by atoms with van der Waals surface area (Å²) in [6.07, 6.45) is 0.0314. The molecule has 1 saturated heterocycles. The average molecular weight is 325 g/mol. The molecule has 0 aromatic carbocycles. The van der Waals surface area contributed by atoms with Crippen LogP contribution in [0.3, 0.4) is 0 Å². The highest BCUT2D eigenvalue weighted by Crippen LogP contribution is 2.29. The number of amides is 1. The Kier molecular flexibility index (Phi) is 3.70. The van der Waals surface area contributed by atoms with Crippen molar-refractivity contribution in [3.8, 4) is 0 Å². The maximum absolute atomic E-state index is 12.5. The minimum Gasteiger partial charge on any atom is -0.359 e. The number of nitrogens with zero attached hydrogens (tertiary/aromatic N) is 5. The van der Waals surface area contributed by atoms with E-state index in [2.05, 4.69) is 10.1 Å². The van der Waals surface area contributed by atoms with Crippen molar-refractivity contribution in [1.82, 2.24) is 14.8 Å². The van der Waals surface area contributed by atoms with Gasteiger partial charge in [0.05, 0.1) is 30.3 Å². The van der Waals surface area contributed by atoms with E-state index in [1.807, 2.05) is 0 Å². The van der Waals surface area contributed by atoms with Gasteiger partial charge in [0, 0.05) is 26.3 Å². The molecule has 6 nitrogen and oxygen atoms in total. The first-order valence-electron chi connectivity index (χ1n) is 6.92. The standard InChI is InChI=1S/C14H14F3N5O/c1-20-8-11(7-19-20)22-5-4-21(9-13(22)23)10-2-3-12(18-6-10)14(15,16)17/h2-3,6-8H,4-5,9H2,1H3. The van der Waals surface area contributed by atoms with Crippen molar-refractivity contribution in [3.63, 3.8) is 0 Å². The second kappa shape index (κ2) is 5.56. The molecular formula is C14H14F3N5O. The molecule has 0 bridgehead atoms. The van der Waals surface area contributed by atoms with Crippen LogP contribution >= 0.6 is 0 Å². The lowest BCUT2D eigenvalue weighted by Crippen LogP contribution is -2.50. The van der Waals surface area contributed by atoms with Crippen LogP contribution in [-0.4, -0.2) is 40.3 Å². The van der Waals surface area contributed by atoms with E-state index in [-0.39, 0.29) is 12.5 Å². The molecule has 0 aliphatic carbocycles. The minimum atomic E-state index is -4.46. The van der Waals surface area contributed by atoms with Crippen molar-refractivity contribution < 1.29 is 18.0 Å². The fourth-order valence-electron chi connectivity index (χ4n) is 2.46. The summed E-state index contributed by atoms with van der Waals surface area (Å²) in [6.45, 7) is 1.03. The zero-order chi connectivity index (χ0) is 16.6. The molecule has 3 rings (SSSR count). The maximum Gasteiger partial charge on any atom is 0.433 e. The number of piperazine rings is 1. The molecule has 1 aliphatic heterocycles. The Morgan fingerprint density at radius 3 is 2.43 bits per heavy atom. The number of carbonyl (C=O) groups is 1. The van der Waals surface area contributed by atoms with Gasteiger partial charge in [0.25, 0.3) is 0 Å². The monoisotopic (exact) mass is 325 g/mol. The molecule has 1 fully saturated rings. The molecule has 2 aromatic rings. The zero-order valence-electron chi connectivity index (χ0n) is 12.3. The van der Waals surface area contributed by atoms with Crippen LogP contribution in [-0.2, 0) is 18.0 Å². The number of halogens is 3. The molecule has 2 aromatic heterocycles. The third kappa shape index (κ3) is 3.13. The Balaban J connectivity index is 1.71. The lowest BCUT2D eigenvalue weighted by atomic mass is 10.2. The summed E-state index contributed by atoms with van der Waals surface area (Å²) in [5.41, 5.74) is 0.265. The molecule has 0 unspecified atom stereocenters. The van der Waals surface area contributed by atoms with Gasteiger partial charge in [-0.25, -0.2) is 4.98 Å². The maximum atomic E-state index is 12.5. The van der Waals surface area contributed by atoms with Crippen LogP contribution in [0.4, 0.5) is 24.5 Å². The van der Waals surface area contributed by atoms with E-state index in [1.54, 1.807) is 33.9 Å². The van der Waals surface area contributed by atoms with E-state index in [0.717, 1.165) is 12.3 Å². The first kappa shape index (κ1) is 15.3. The van der Waals surface area contributed by atoms with Crippen molar-refractivity contribution in [2.24, 2.45) is 7.05 Å². The Morgan fingerprint density at radius 2 is 1.91 bits per heavy atom. The SMILES string of the molecule is Cn1cc(N2CCN(c3ccc(C(F)(F)F)nc3)CC2=O)cn1. The largest absolute Gasteiger partial charge is 0.433 e. The van der Waals surface area contributed by atoms with Gasteiger partial charge >= 0.3 is 6.18 Å². The van der Waals surface area contributed by atoms with Gasteiger partial charge in [-0.05, 0) is 12.1 Å². The van der Waals surface area contributed by atoms with Crippen LogP contribution in [0.25, 0.3) is 0 Å². The van der Waals surface area contributed by atoms with Crippen molar-refractivity contribution in [2.45, 2.75) is 6.18 Å². The molecule has 0 saturated carbocycles. The van der Waals surface area contributed by atoms with E-state index in [9.17, 15) is 18.0 Å². The summed E-state index contributed by atoms with van der Waals surface area (Å²) in [7, 11) is 1.76. The molecular weight excluding hydrogens is 311 g/mol. The van der Waals surface area contributed by atoms with Crippen LogP contribution < -0.4 is 9.80 Å². The van der Waals surface area contributed by atoms with Gasteiger partial charge in [-0.2, -0.15) is 18.3 Å². The van der Waals surface area contributed by atoms with Crippen LogP contribution in [0.15, 0.2) is 30.7 Å². The van der Waals surface area contributed by atoms with Gasteiger partial charge in [-0.15, -0.1) is 0 Å². The highest BCUT2D eigenvalue weighted by atomic mass is 19.4. The van der Waals surface area contributed by atoms with Gasteiger partial charge in [0.2, 0.25) is 5.91 Å². The first-order chi connectivity index (χ1) is 10.8. The molecule has 3 heterocycles. The number of aryl methyl sites for hydroxylation is 1. The lowest BCUT2D eigenvalue weighted by molar-refractivity contribution is -0.141. The molecule has 9 heteroatoms. The number of alkyl halides is 3. The van der Waals surface area contributed by atoms with E-state index >= 15 is 0 Å². The van der Waals surface area contributed by atoms with E-state index in [1.165, 1.54) is 6.07 Å². The topological polar surface area (TPSA) is 54.3 Å². The Bertz CT molecular complexity index is 710. The fourth-order valence-corrected chi connectivity index (χ4v) is 2.46. The van der Waals surface area contributed by atoms with E-state index < -0.39 is 11.9 Å². The number of hydrogen-bond acceptors (Lipinski definition) is 4. The predicted molar refractivity (Wildman–Crippen MR) is 77.0 cm³/mol. The molecule has 0 spiro atoms. The summed E-state index contributed by atoms with van der Waals surface area (Å²) >= 11 is 0. The van der Waals surface area contributed by atoms with Gasteiger partial charge in [-0.1, -0.05) is 0 Å². The Labute approximate surface area is 130 Å². The molecule has 1 amide bonds. The van der Waals surface area contributed by atoms with Crippen molar-refractivity contribution in [1.29, 1.82) is 0 Å². The number of pyridine rings is 1. The van der Waals surface area contributed by atoms with Crippen LogP contribution in [0.2, 0.25) is 0 Å². The number of anilines is 2. The second-order valence-electron chi connectivity index (χ2n) is 5.24. The highest BCUT2D eigenvalue weighted by molar-refractivity contribution is 5.97. The number of rotatable bonds is 2. The van der Waals surface area contributed by atoms with Crippen LogP contribution in [0, 0.1) is 0 Å². The number of carbonyl (C=O) groups excluding carboxylic acids is 1. The molecule has 0 atom stereocenters. The summed E-state index contributed by atoms with van der Waals surface area (Å²) in [6, 6.07) is 2.26. The summed E-state index contributed by atoms with van der Waals surface area (Å²) in [4.78, 5) is 19.0. The summed E-state index contributed by atoms with van der Waals surface area (Å²) in [5.74, 6) is -0.135. The lowest BCUT2D eigenvalue weighted by Gasteiger charge is -2.34. The van der Waals surface area contributed by atoms with Crippen LogP contribution in [0.1, 0.15) is 5.69 Å². The van der Waals surface area contributed by atoms with Crippen molar-refractivity contribution in [2.75, 3.05) is 29.4 Å². The molecule has 1 aliphatic rings. The third-order valence-electron chi connectivity index (χ3n) is 3.63. The van der Waals surface area contributed by atoms with Gasteiger partial charge in [0.15, 0.2) is 0 Å². The molecule has 23 heavy (non-hydrogen) atoms. The molecule has 0 radical (unpaired) electrons. The van der Waals surface area contributed by atoms with Gasteiger partial charge in [0.1, 0.15) is 5.69 Å². The normalized spacial score (nSPS) is 16.1. The first-order valence-corrected chi connectivity index (χ1v) is 6.92. The smallest absolute Gasteiger partial charge is 0.359 e. The molecule has 0 N–H and O–H groups in total. The third-order valence-corrected chi connectivity index (χ3v) is 3.63. The number of hydrogen-bond donors (Lipinski definition) is 0. The van der Waals surface area contributed by atoms with E-state index in [0.29, 0.717) is 24.5 Å². The highest BCUT2D eigenvalue weighted by Gasteiger charge is 2.32. The summed E-state index contributed by atoms with van der Waals surface area (Å²) in [5, 5.41) is 4.03. The Morgan fingerprint density at radius 1 is 1.13 bits per heavy atom. The Hall–Kier alpha value is -2.58. The van der Waals surface area contributed by atoms with Crippen molar-refractivity contribution in [3.05, 3.63) is 36.4 Å². The van der Waals surface area contributed by atoms with Gasteiger partial charge in [-0.3, -0.25) is 9.48 Å².